The number of carboxylic acid groups (broad SMARTS) is 1. The van der Waals surface area contributed by atoms with Crippen molar-refractivity contribution in [3.8, 4) is 23.3 Å². The first kappa shape index (κ1) is 15.5. The quantitative estimate of drug-likeness (QED) is 0.870. The Morgan fingerprint density at radius 2 is 2.08 bits per heavy atom. The molecule has 24 heavy (non-hydrogen) atoms. The molecule has 1 aliphatic heterocycles. The van der Waals surface area contributed by atoms with Crippen molar-refractivity contribution in [1.29, 1.82) is 5.26 Å². The Morgan fingerprint density at radius 1 is 1.33 bits per heavy atom. The average molecular weight is 326 g/mol. The van der Waals surface area contributed by atoms with Crippen LogP contribution < -0.4 is 19.5 Å². The van der Waals surface area contributed by atoms with Gasteiger partial charge in [-0.2, -0.15) is 5.26 Å². The number of methoxy groups -OCH3 is 1. The monoisotopic (exact) mass is 326 g/mol. The van der Waals surface area contributed by atoms with Gasteiger partial charge in [-0.05, 0) is 42.0 Å². The van der Waals surface area contributed by atoms with E-state index in [1.807, 2.05) is 6.07 Å². The molecule has 0 fully saturated rings. The molecular weight excluding hydrogens is 312 g/mol. The molecule has 2 N–H and O–H groups in total. The normalized spacial score (nSPS) is 13.0. The molecule has 0 aromatic heterocycles. The standard InChI is InChI=1S/C17H14N2O5/c1-22-13-6-11(7-14-16(13)24-9-23-14)15(17(20)21)19-12-4-2-10(8-18)3-5-12/h2-7,15,19H,9H2,1H3,(H,20,21). The van der Waals surface area contributed by atoms with Gasteiger partial charge in [-0.3, -0.25) is 0 Å². The van der Waals surface area contributed by atoms with Gasteiger partial charge in [0.2, 0.25) is 12.5 Å². The summed E-state index contributed by atoms with van der Waals surface area (Å²) < 4.78 is 15.9. The number of hydrogen-bond donors (Lipinski definition) is 2. The fraction of sp³-hybridized carbons (Fsp3) is 0.176. The molecule has 1 unspecified atom stereocenters. The molecule has 2 aromatic rings. The third-order valence-corrected chi connectivity index (χ3v) is 3.59. The van der Waals surface area contributed by atoms with E-state index in [1.165, 1.54) is 7.11 Å². The predicted molar refractivity (Wildman–Crippen MR) is 84.3 cm³/mol. The highest BCUT2D eigenvalue weighted by Crippen LogP contribution is 2.43. The second kappa shape index (κ2) is 6.38. The Balaban J connectivity index is 1.93. The van der Waals surface area contributed by atoms with Crippen LogP contribution in [0.2, 0.25) is 0 Å². The molecule has 3 rings (SSSR count). The minimum absolute atomic E-state index is 0.0654. The van der Waals surface area contributed by atoms with Gasteiger partial charge in [0.25, 0.3) is 0 Å². The van der Waals surface area contributed by atoms with Crippen LogP contribution in [0.3, 0.4) is 0 Å². The van der Waals surface area contributed by atoms with E-state index < -0.39 is 12.0 Å². The lowest BCUT2D eigenvalue weighted by molar-refractivity contribution is -0.138. The summed E-state index contributed by atoms with van der Waals surface area (Å²) in [5.41, 5.74) is 1.54. The summed E-state index contributed by atoms with van der Waals surface area (Å²) in [7, 11) is 1.48. The lowest BCUT2D eigenvalue weighted by Gasteiger charge is -2.17. The van der Waals surface area contributed by atoms with Gasteiger partial charge >= 0.3 is 5.97 Å². The minimum atomic E-state index is -1.06. The Kier molecular flexibility index (Phi) is 4.12. The zero-order valence-corrected chi connectivity index (χ0v) is 12.8. The van der Waals surface area contributed by atoms with E-state index in [2.05, 4.69) is 5.32 Å². The van der Waals surface area contributed by atoms with Crippen molar-refractivity contribution in [3.63, 3.8) is 0 Å². The van der Waals surface area contributed by atoms with Gasteiger partial charge in [0, 0.05) is 5.69 Å². The van der Waals surface area contributed by atoms with Crippen molar-refractivity contribution in [2.45, 2.75) is 6.04 Å². The topological polar surface area (TPSA) is 101 Å². The third-order valence-electron chi connectivity index (χ3n) is 3.59. The maximum atomic E-state index is 11.7. The molecule has 2 aromatic carbocycles. The van der Waals surface area contributed by atoms with Crippen molar-refractivity contribution in [2.75, 3.05) is 19.2 Å². The lowest BCUT2D eigenvalue weighted by Crippen LogP contribution is -2.20. The van der Waals surface area contributed by atoms with Crippen LogP contribution in [0.1, 0.15) is 17.2 Å². The van der Waals surface area contributed by atoms with Gasteiger partial charge in [-0.25, -0.2) is 4.79 Å². The van der Waals surface area contributed by atoms with E-state index in [0.29, 0.717) is 34.1 Å². The number of ether oxygens (including phenoxy) is 3. The number of hydrogen-bond acceptors (Lipinski definition) is 6. The summed E-state index contributed by atoms with van der Waals surface area (Å²) in [6.45, 7) is 0.0654. The van der Waals surface area contributed by atoms with Crippen molar-refractivity contribution in [1.82, 2.24) is 0 Å². The predicted octanol–water partition coefficient (Wildman–Crippen LogP) is 2.53. The number of carbonyl (C=O) groups is 1. The lowest BCUT2D eigenvalue weighted by atomic mass is 10.0. The highest BCUT2D eigenvalue weighted by Gasteiger charge is 2.26. The highest BCUT2D eigenvalue weighted by atomic mass is 16.7. The van der Waals surface area contributed by atoms with Crippen LogP contribution in [0, 0.1) is 11.3 Å². The Hall–Kier alpha value is -3.40. The maximum Gasteiger partial charge on any atom is 0.330 e. The molecule has 0 spiro atoms. The van der Waals surface area contributed by atoms with Crippen LogP contribution in [-0.2, 0) is 4.79 Å². The Morgan fingerprint density at radius 3 is 2.71 bits per heavy atom. The number of rotatable bonds is 5. The summed E-state index contributed by atoms with van der Waals surface area (Å²) in [6.07, 6.45) is 0. The van der Waals surface area contributed by atoms with Gasteiger partial charge in [-0.15, -0.1) is 0 Å². The van der Waals surface area contributed by atoms with E-state index in [0.717, 1.165) is 0 Å². The van der Waals surface area contributed by atoms with Gasteiger partial charge < -0.3 is 24.6 Å². The first-order chi connectivity index (χ1) is 11.6. The van der Waals surface area contributed by atoms with Gasteiger partial charge in [-0.1, -0.05) is 0 Å². The highest BCUT2D eigenvalue weighted by molar-refractivity contribution is 5.80. The second-order valence-corrected chi connectivity index (χ2v) is 5.06. The van der Waals surface area contributed by atoms with Crippen LogP contribution in [-0.4, -0.2) is 25.0 Å². The Bertz CT molecular complexity index is 811. The molecule has 0 saturated heterocycles. The van der Waals surface area contributed by atoms with Crippen LogP contribution in [0.5, 0.6) is 17.2 Å². The van der Waals surface area contributed by atoms with Gasteiger partial charge in [0.05, 0.1) is 18.7 Å². The number of nitriles is 1. The molecule has 0 bridgehead atoms. The van der Waals surface area contributed by atoms with E-state index in [-0.39, 0.29) is 6.79 Å². The summed E-state index contributed by atoms with van der Waals surface area (Å²) in [6, 6.07) is 10.7. The molecule has 7 nitrogen and oxygen atoms in total. The van der Waals surface area contributed by atoms with Crippen molar-refractivity contribution in [2.24, 2.45) is 0 Å². The van der Waals surface area contributed by atoms with Gasteiger partial charge in [0.15, 0.2) is 17.5 Å². The molecule has 0 aliphatic carbocycles. The largest absolute Gasteiger partial charge is 0.493 e. The van der Waals surface area contributed by atoms with Crippen LogP contribution >= 0.6 is 0 Å². The van der Waals surface area contributed by atoms with Crippen molar-refractivity contribution in [3.05, 3.63) is 47.5 Å². The number of fused-ring (bicyclic) bond motifs is 1. The molecule has 1 aliphatic rings. The summed E-state index contributed by atoms with van der Waals surface area (Å²) in [5, 5.41) is 21.3. The number of aliphatic carboxylic acids is 1. The van der Waals surface area contributed by atoms with Crippen LogP contribution in [0.4, 0.5) is 5.69 Å². The first-order valence-electron chi connectivity index (χ1n) is 7.09. The molecule has 0 amide bonds. The van der Waals surface area contributed by atoms with E-state index in [4.69, 9.17) is 19.5 Å². The maximum absolute atomic E-state index is 11.7. The number of anilines is 1. The SMILES string of the molecule is COc1cc(C(Nc2ccc(C#N)cc2)C(=O)O)cc2c1OCO2. The van der Waals surface area contributed by atoms with Crippen LogP contribution in [0.25, 0.3) is 0 Å². The number of benzene rings is 2. The first-order valence-corrected chi connectivity index (χ1v) is 7.09. The average Bonchev–Trinajstić information content (AvgIpc) is 3.07. The Labute approximate surface area is 138 Å². The molecule has 122 valence electrons. The van der Waals surface area contributed by atoms with Crippen LogP contribution in [0.15, 0.2) is 36.4 Å². The number of nitrogens with zero attached hydrogens (tertiary/aromatic N) is 1. The molecule has 0 radical (unpaired) electrons. The zero-order chi connectivity index (χ0) is 17.1. The minimum Gasteiger partial charge on any atom is -0.493 e. The smallest absolute Gasteiger partial charge is 0.330 e. The molecule has 0 saturated carbocycles. The third kappa shape index (κ3) is 2.90. The van der Waals surface area contributed by atoms with Gasteiger partial charge in [0.1, 0.15) is 0 Å². The van der Waals surface area contributed by atoms with E-state index in [9.17, 15) is 9.90 Å². The number of nitrogens with one attached hydrogen (secondary N) is 1. The fourth-order valence-electron chi connectivity index (χ4n) is 2.41. The van der Waals surface area contributed by atoms with E-state index >= 15 is 0 Å². The summed E-state index contributed by atoms with van der Waals surface area (Å²) >= 11 is 0. The molecule has 1 heterocycles. The summed E-state index contributed by atoms with van der Waals surface area (Å²) in [4.78, 5) is 11.7. The fourth-order valence-corrected chi connectivity index (χ4v) is 2.41. The number of carboxylic acids is 1. The molecule has 1 atom stereocenters. The van der Waals surface area contributed by atoms with E-state index in [1.54, 1.807) is 36.4 Å². The van der Waals surface area contributed by atoms with Crippen molar-refractivity contribution < 1.29 is 24.1 Å². The second-order valence-electron chi connectivity index (χ2n) is 5.06. The van der Waals surface area contributed by atoms with Crippen molar-refractivity contribution >= 4 is 11.7 Å². The summed E-state index contributed by atoms with van der Waals surface area (Å²) in [5.74, 6) is 0.258. The molecular formula is C17H14N2O5. The molecule has 7 heteroatoms. The zero-order valence-electron chi connectivity index (χ0n) is 12.8.